The highest BCUT2D eigenvalue weighted by Gasteiger charge is 2.15. The largest absolute Gasteiger partial charge is 0.335 e. The first kappa shape index (κ1) is 17.5. The summed E-state index contributed by atoms with van der Waals surface area (Å²) in [6.45, 7) is 1.97. The molecule has 1 aromatic heterocycles. The minimum Gasteiger partial charge on any atom is -0.335 e. The number of hydrogen-bond donors (Lipinski definition) is 0. The lowest BCUT2D eigenvalue weighted by Crippen LogP contribution is -2.27. The molecule has 0 saturated heterocycles. The van der Waals surface area contributed by atoms with E-state index >= 15 is 0 Å². The number of carbonyl (C=O) groups is 1. The van der Waals surface area contributed by atoms with Gasteiger partial charge < -0.3 is 4.90 Å². The summed E-state index contributed by atoms with van der Waals surface area (Å²) in [5.74, 6) is -0.421. The molecule has 0 aliphatic rings. The van der Waals surface area contributed by atoms with Crippen molar-refractivity contribution >= 4 is 12.0 Å². The minimum atomic E-state index is -0.298. The van der Waals surface area contributed by atoms with Crippen LogP contribution in [0.2, 0.25) is 0 Å². The highest BCUT2D eigenvalue weighted by atomic mass is 19.1. The van der Waals surface area contributed by atoms with Gasteiger partial charge in [0.05, 0.1) is 11.7 Å². The molecule has 6 heteroatoms. The van der Waals surface area contributed by atoms with E-state index < -0.39 is 0 Å². The van der Waals surface area contributed by atoms with Crippen LogP contribution in [-0.4, -0.2) is 32.6 Å². The molecule has 3 aromatic rings. The number of likely N-dealkylation sites (N-methyl/N-ethyl adjacent to an activating group) is 1. The molecule has 0 aliphatic heterocycles. The summed E-state index contributed by atoms with van der Waals surface area (Å²) in [4.78, 5) is 18.0. The Labute approximate surface area is 151 Å². The third-order valence-corrected chi connectivity index (χ3v) is 4.28. The van der Waals surface area contributed by atoms with Gasteiger partial charge in [-0.2, -0.15) is 5.10 Å². The van der Waals surface area contributed by atoms with Crippen molar-refractivity contribution < 1.29 is 9.18 Å². The maximum atomic E-state index is 12.9. The first-order valence-electron chi connectivity index (χ1n) is 8.20. The smallest absolute Gasteiger partial charge is 0.246 e. The molecule has 3 rings (SSSR count). The summed E-state index contributed by atoms with van der Waals surface area (Å²) in [6.07, 6.45) is 6.29. The number of nitrogens with zero attached hydrogens (tertiary/aromatic N) is 4. The fraction of sp³-hybridized carbons (Fsp3) is 0.150. The Bertz CT molecular complexity index is 887. The van der Waals surface area contributed by atoms with Crippen LogP contribution in [0, 0.1) is 5.82 Å². The minimum absolute atomic E-state index is 0.0924. The zero-order valence-corrected chi connectivity index (χ0v) is 14.6. The summed E-state index contributed by atoms with van der Waals surface area (Å²) in [6, 6.07) is 13.7. The van der Waals surface area contributed by atoms with Gasteiger partial charge in [0.15, 0.2) is 0 Å². The normalized spacial score (nSPS) is 12.3. The second-order valence-electron chi connectivity index (χ2n) is 5.94. The molecular formula is C20H19FN4O. The number of hydrogen-bond acceptors (Lipinski definition) is 3. The molecule has 0 N–H and O–H groups in total. The molecule has 2 aromatic carbocycles. The summed E-state index contributed by atoms with van der Waals surface area (Å²) < 4.78 is 14.6. The number of amides is 1. The van der Waals surface area contributed by atoms with Crippen LogP contribution in [0.25, 0.3) is 11.8 Å². The first-order chi connectivity index (χ1) is 12.5. The van der Waals surface area contributed by atoms with Crippen LogP contribution in [0.1, 0.15) is 24.1 Å². The highest BCUT2D eigenvalue weighted by Crippen LogP contribution is 2.20. The number of halogens is 1. The van der Waals surface area contributed by atoms with Gasteiger partial charge in [-0.05, 0) is 48.4 Å². The average Bonchev–Trinajstić information content (AvgIpc) is 3.21. The molecule has 1 atom stereocenters. The molecule has 5 nitrogen and oxygen atoms in total. The monoisotopic (exact) mass is 350 g/mol. The number of benzene rings is 2. The van der Waals surface area contributed by atoms with Crippen molar-refractivity contribution in [3.63, 3.8) is 0 Å². The van der Waals surface area contributed by atoms with Crippen molar-refractivity contribution in [2.24, 2.45) is 0 Å². The van der Waals surface area contributed by atoms with Gasteiger partial charge in [0.25, 0.3) is 0 Å². The van der Waals surface area contributed by atoms with Gasteiger partial charge in [0, 0.05) is 13.1 Å². The Kier molecular flexibility index (Phi) is 5.22. The van der Waals surface area contributed by atoms with Crippen LogP contribution in [-0.2, 0) is 4.79 Å². The lowest BCUT2D eigenvalue weighted by Gasteiger charge is -2.24. The van der Waals surface area contributed by atoms with Crippen molar-refractivity contribution in [1.29, 1.82) is 0 Å². The van der Waals surface area contributed by atoms with Gasteiger partial charge in [-0.3, -0.25) is 4.79 Å². The summed E-state index contributed by atoms with van der Waals surface area (Å²) in [5.41, 5.74) is 2.70. The Morgan fingerprint density at radius 1 is 1.15 bits per heavy atom. The van der Waals surface area contributed by atoms with E-state index in [1.165, 1.54) is 24.5 Å². The predicted octanol–water partition coefficient (Wildman–Crippen LogP) is 3.64. The molecule has 26 heavy (non-hydrogen) atoms. The van der Waals surface area contributed by atoms with Crippen LogP contribution in [0.3, 0.4) is 0 Å². The molecule has 0 unspecified atom stereocenters. The van der Waals surface area contributed by atoms with Crippen molar-refractivity contribution in [3.8, 4) is 5.69 Å². The summed E-state index contributed by atoms with van der Waals surface area (Å²) in [7, 11) is 1.76. The van der Waals surface area contributed by atoms with E-state index in [-0.39, 0.29) is 17.8 Å². The second-order valence-corrected chi connectivity index (χ2v) is 5.94. The van der Waals surface area contributed by atoms with Crippen LogP contribution in [0.15, 0.2) is 67.3 Å². The third kappa shape index (κ3) is 4.03. The van der Waals surface area contributed by atoms with Crippen molar-refractivity contribution in [1.82, 2.24) is 19.7 Å². The molecule has 132 valence electrons. The van der Waals surface area contributed by atoms with E-state index in [1.54, 1.807) is 41.2 Å². The molecule has 0 saturated carbocycles. The number of aromatic nitrogens is 3. The Hall–Kier alpha value is -3.28. The topological polar surface area (TPSA) is 51.0 Å². The Balaban J connectivity index is 1.67. The standard InChI is InChI=1S/C20H19FN4O/c1-15(17-6-10-19(11-7-17)25-14-22-13-23-25)24(2)20(26)12-5-16-3-8-18(21)9-4-16/h3-15H,1-2H3/b12-5+/t15-/m0/s1. The number of rotatable bonds is 5. The van der Waals surface area contributed by atoms with E-state index in [0.29, 0.717) is 0 Å². The van der Waals surface area contributed by atoms with Gasteiger partial charge in [-0.25, -0.2) is 14.1 Å². The van der Waals surface area contributed by atoms with Crippen molar-refractivity contribution in [3.05, 3.63) is 84.2 Å². The molecule has 0 aliphatic carbocycles. The number of carbonyl (C=O) groups excluding carboxylic acids is 1. The van der Waals surface area contributed by atoms with Crippen LogP contribution < -0.4 is 0 Å². The van der Waals surface area contributed by atoms with Crippen LogP contribution in [0.5, 0.6) is 0 Å². The lowest BCUT2D eigenvalue weighted by molar-refractivity contribution is -0.126. The summed E-state index contributed by atoms with van der Waals surface area (Å²) >= 11 is 0. The molecule has 0 spiro atoms. The molecule has 0 bridgehead atoms. The SMILES string of the molecule is C[C@@H](c1ccc(-n2cncn2)cc1)N(C)C(=O)/C=C/c1ccc(F)cc1. The molecular weight excluding hydrogens is 331 g/mol. The van der Waals surface area contributed by atoms with Gasteiger partial charge in [0.1, 0.15) is 18.5 Å². The van der Waals surface area contributed by atoms with Crippen LogP contribution >= 0.6 is 0 Å². The van der Waals surface area contributed by atoms with Gasteiger partial charge >= 0.3 is 0 Å². The quantitative estimate of drug-likeness (QED) is 0.660. The van der Waals surface area contributed by atoms with Gasteiger partial charge in [-0.1, -0.05) is 24.3 Å². The van der Waals surface area contributed by atoms with Gasteiger partial charge in [-0.15, -0.1) is 0 Å². The van der Waals surface area contributed by atoms with E-state index in [9.17, 15) is 9.18 Å². The summed E-state index contributed by atoms with van der Waals surface area (Å²) in [5, 5.41) is 4.09. The Morgan fingerprint density at radius 2 is 1.85 bits per heavy atom. The maximum absolute atomic E-state index is 12.9. The third-order valence-electron chi connectivity index (χ3n) is 4.28. The molecule has 0 fully saturated rings. The first-order valence-corrected chi connectivity index (χ1v) is 8.20. The second kappa shape index (κ2) is 7.74. The van der Waals surface area contributed by atoms with E-state index in [1.807, 2.05) is 31.2 Å². The molecule has 1 heterocycles. The highest BCUT2D eigenvalue weighted by molar-refractivity contribution is 5.91. The van der Waals surface area contributed by atoms with E-state index in [4.69, 9.17) is 0 Å². The van der Waals surface area contributed by atoms with Crippen molar-refractivity contribution in [2.75, 3.05) is 7.05 Å². The van der Waals surface area contributed by atoms with Gasteiger partial charge in [0.2, 0.25) is 5.91 Å². The average molecular weight is 350 g/mol. The fourth-order valence-electron chi connectivity index (χ4n) is 2.52. The zero-order valence-electron chi connectivity index (χ0n) is 14.6. The molecule has 1 amide bonds. The molecule has 0 radical (unpaired) electrons. The lowest BCUT2D eigenvalue weighted by atomic mass is 10.1. The zero-order chi connectivity index (χ0) is 18.5. The van der Waals surface area contributed by atoms with Crippen molar-refractivity contribution in [2.45, 2.75) is 13.0 Å². The maximum Gasteiger partial charge on any atom is 0.246 e. The predicted molar refractivity (Wildman–Crippen MR) is 98.0 cm³/mol. The fourth-order valence-corrected chi connectivity index (χ4v) is 2.52. The van der Waals surface area contributed by atoms with E-state index in [0.717, 1.165) is 16.8 Å². The van der Waals surface area contributed by atoms with E-state index in [2.05, 4.69) is 10.1 Å². The Morgan fingerprint density at radius 3 is 2.46 bits per heavy atom. The van der Waals surface area contributed by atoms with Crippen LogP contribution in [0.4, 0.5) is 4.39 Å².